The lowest BCUT2D eigenvalue weighted by atomic mass is 10.0. The van der Waals surface area contributed by atoms with Crippen LogP contribution in [-0.2, 0) is 19.6 Å². The first-order valence-electron chi connectivity index (χ1n) is 9.63. The number of unbranched alkanes of at least 4 members (excludes halogenated alkanes) is 3. The van der Waals surface area contributed by atoms with Crippen molar-refractivity contribution in [2.75, 3.05) is 7.11 Å². The number of carbonyl (C=O) groups excluding carboxylic acids is 1. The highest BCUT2D eigenvalue weighted by Crippen LogP contribution is 2.23. The summed E-state index contributed by atoms with van der Waals surface area (Å²) >= 11 is 0. The molecule has 2 aromatic rings. The zero-order valence-electron chi connectivity index (χ0n) is 16.6. The quantitative estimate of drug-likeness (QED) is 0.442. The summed E-state index contributed by atoms with van der Waals surface area (Å²) in [7, 11) is -2.20. The number of rotatable bonds is 11. The first-order chi connectivity index (χ1) is 13.4. The third-order valence-electron chi connectivity index (χ3n) is 4.68. The fourth-order valence-corrected chi connectivity index (χ4v) is 4.28. The minimum atomic E-state index is -3.60. The average Bonchev–Trinajstić information content (AvgIpc) is 2.70. The maximum absolute atomic E-state index is 12.8. The smallest absolute Gasteiger partial charge is 0.305 e. The molecule has 1 unspecified atom stereocenters. The van der Waals surface area contributed by atoms with Gasteiger partial charge < -0.3 is 4.74 Å². The minimum absolute atomic E-state index is 0.187. The molecule has 0 bridgehead atoms. The van der Waals surface area contributed by atoms with Crippen molar-refractivity contribution >= 4 is 16.0 Å². The van der Waals surface area contributed by atoms with Gasteiger partial charge >= 0.3 is 5.97 Å². The topological polar surface area (TPSA) is 72.5 Å². The van der Waals surface area contributed by atoms with E-state index in [0.717, 1.165) is 36.8 Å². The number of hydrogen-bond donors (Lipinski definition) is 1. The second-order valence-corrected chi connectivity index (χ2v) is 8.64. The van der Waals surface area contributed by atoms with Crippen LogP contribution in [0.5, 0.6) is 0 Å². The predicted octanol–water partition coefficient (Wildman–Crippen LogP) is 4.53. The Hall–Kier alpha value is -2.18. The number of aryl methyl sites for hydroxylation is 1. The maximum Gasteiger partial charge on any atom is 0.305 e. The van der Waals surface area contributed by atoms with Gasteiger partial charge in [-0.05, 0) is 37.5 Å². The van der Waals surface area contributed by atoms with E-state index in [9.17, 15) is 13.2 Å². The van der Waals surface area contributed by atoms with Crippen molar-refractivity contribution in [1.29, 1.82) is 0 Å². The summed E-state index contributed by atoms with van der Waals surface area (Å²) in [6.07, 6.45) is 4.65. The molecule has 1 atom stereocenters. The number of nitrogens with one attached hydrogen (secondary N) is 1. The van der Waals surface area contributed by atoms with Crippen LogP contribution >= 0.6 is 0 Å². The molecule has 5 nitrogen and oxygen atoms in total. The van der Waals surface area contributed by atoms with Crippen LogP contribution < -0.4 is 4.72 Å². The molecule has 6 heteroatoms. The van der Waals surface area contributed by atoms with E-state index in [1.54, 1.807) is 24.3 Å². The molecular formula is C22H29NO4S. The Balaban J connectivity index is 1.98. The highest BCUT2D eigenvalue weighted by molar-refractivity contribution is 7.89. The van der Waals surface area contributed by atoms with Gasteiger partial charge in [0, 0.05) is 12.5 Å². The van der Waals surface area contributed by atoms with Gasteiger partial charge in [0.05, 0.1) is 12.0 Å². The van der Waals surface area contributed by atoms with E-state index in [0.29, 0.717) is 12.8 Å². The number of hydrogen-bond acceptors (Lipinski definition) is 4. The Morgan fingerprint density at radius 2 is 1.61 bits per heavy atom. The van der Waals surface area contributed by atoms with Gasteiger partial charge in [0.25, 0.3) is 0 Å². The number of methoxy groups -OCH3 is 1. The molecule has 0 spiro atoms. The second-order valence-electron chi connectivity index (χ2n) is 6.93. The Morgan fingerprint density at radius 3 is 2.25 bits per heavy atom. The third-order valence-corrected chi connectivity index (χ3v) is 6.17. The molecule has 0 aliphatic carbocycles. The van der Waals surface area contributed by atoms with Gasteiger partial charge in [0.1, 0.15) is 0 Å². The van der Waals surface area contributed by atoms with Crippen LogP contribution in [0.25, 0.3) is 0 Å². The zero-order valence-corrected chi connectivity index (χ0v) is 17.4. The zero-order chi connectivity index (χ0) is 20.4. The Morgan fingerprint density at radius 1 is 0.964 bits per heavy atom. The highest BCUT2D eigenvalue weighted by atomic mass is 32.2. The third kappa shape index (κ3) is 7.09. The normalized spacial score (nSPS) is 12.5. The van der Waals surface area contributed by atoms with Crippen molar-refractivity contribution in [3.8, 4) is 0 Å². The van der Waals surface area contributed by atoms with Crippen LogP contribution in [-0.4, -0.2) is 21.5 Å². The SMILES string of the molecule is COC(=O)CCCCCCC(NS(=O)(=O)c1ccc(C)cc1)c1ccccc1. The molecule has 0 saturated carbocycles. The summed E-state index contributed by atoms with van der Waals surface area (Å²) in [5.41, 5.74) is 1.97. The van der Waals surface area contributed by atoms with Crippen molar-refractivity contribution in [2.45, 2.75) is 56.4 Å². The molecular weight excluding hydrogens is 374 g/mol. The molecule has 0 fully saturated rings. The highest BCUT2D eigenvalue weighted by Gasteiger charge is 2.21. The molecule has 0 radical (unpaired) electrons. The minimum Gasteiger partial charge on any atom is -0.469 e. The Kier molecular flexibility index (Phi) is 8.67. The summed E-state index contributed by atoms with van der Waals surface area (Å²) in [4.78, 5) is 11.4. The summed E-state index contributed by atoms with van der Waals surface area (Å²) in [6, 6.07) is 16.2. The molecule has 1 N–H and O–H groups in total. The first kappa shape index (κ1) is 22.1. The van der Waals surface area contributed by atoms with Crippen LogP contribution in [0.1, 0.15) is 55.7 Å². The molecule has 0 heterocycles. The molecule has 0 aliphatic rings. The van der Waals surface area contributed by atoms with Crippen LogP contribution in [0, 0.1) is 6.92 Å². The molecule has 0 amide bonds. The lowest BCUT2D eigenvalue weighted by Crippen LogP contribution is -2.28. The van der Waals surface area contributed by atoms with E-state index in [1.165, 1.54) is 7.11 Å². The van der Waals surface area contributed by atoms with Crippen LogP contribution in [0.3, 0.4) is 0 Å². The lowest BCUT2D eigenvalue weighted by molar-refractivity contribution is -0.140. The number of benzene rings is 2. The number of esters is 1. The molecule has 28 heavy (non-hydrogen) atoms. The van der Waals surface area contributed by atoms with E-state index >= 15 is 0 Å². The van der Waals surface area contributed by atoms with Gasteiger partial charge in [0.2, 0.25) is 10.0 Å². The summed E-state index contributed by atoms with van der Waals surface area (Å²) in [6.45, 7) is 1.93. The molecule has 2 rings (SSSR count). The summed E-state index contributed by atoms with van der Waals surface area (Å²) in [5.74, 6) is -0.187. The molecule has 0 saturated heterocycles. The fourth-order valence-electron chi connectivity index (χ4n) is 3.03. The molecule has 152 valence electrons. The maximum atomic E-state index is 12.8. The van der Waals surface area contributed by atoms with E-state index in [-0.39, 0.29) is 16.9 Å². The summed E-state index contributed by atoms with van der Waals surface area (Å²) < 4.78 is 33.1. The van der Waals surface area contributed by atoms with E-state index in [1.807, 2.05) is 37.3 Å². The predicted molar refractivity (Wildman–Crippen MR) is 110 cm³/mol. The van der Waals surface area contributed by atoms with Crippen LogP contribution in [0.2, 0.25) is 0 Å². The van der Waals surface area contributed by atoms with Crippen molar-refractivity contribution in [1.82, 2.24) is 4.72 Å². The van der Waals surface area contributed by atoms with E-state index < -0.39 is 10.0 Å². The molecule has 0 aromatic heterocycles. The standard InChI is InChI=1S/C22H29NO4S/c1-18-14-16-20(17-15-18)28(25,26)23-21(19-10-6-5-7-11-19)12-8-3-4-9-13-22(24)27-2/h5-7,10-11,14-17,21,23H,3-4,8-9,12-13H2,1-2H3. The number of sulfonamides is 1. The van der Waals surface area contributed by atoms with E-state index in [2.05, 4.69) is 9.46 Å². The van der Waals surface area contributed by atoms with Gasteiger partial charge in [-0.2, -0.15) is 0 Å². The van der Waals surface area contributed by atoms with Gasteiger partial charge in [-0.25, -0.2) is 13.1 Å². The second kappa shape index (κ2) is 11.0. The van der Waals surface area contributed by atoms with Gasteiger partial charge in [0.15, 0.2) is 0 Å². The fraction of sp³-hybridized carbons (Fsp3) is 0.409. The van der Waals surface area contributed by atoms with Crippen molar-refractivity contribution < 1.29 is 17.9 Å². The van der Waals surface area contributed by atoms with Gasteiger partial charge in [-0.15, -0.1) is 0 Å². The Bertz CT molecular complexity index is 833. The van der Waals surface area contributed by atoms with Crippen molar-refractivity contribution in [3.63, 3.8) is 0 Å². The van der Waals surface area contributed by atoms with Gasteiger partial charge in [-0.1, -0.05) is 67.3 Å². The Labute approximate surface area is 168 Å². The van der Waals surface area contributed by atoms with Gasteiger partial charge in [-0.3, -0.25) is 4.79 Å². The average molecular weight is 404 g/mol. The first-order valence-corrected chi connectivity index (χ1v) is 11.1. The van der Waals surface area contributed by atoms with Crippen LogP contribution in [0.4, 0.5) is 0 Å². The summed E-state index contributed by atoms with van der Waals surface area (Å²) in [5, 5.41) is 0. The van der Waals surface area contributed by atoms with Crippen molar-refractivity contribution in [2.24, 2.45) is 0 Å². The number of ether oxygens (including phenoxy) is 1. The molecule has 2 aromatic carbocycles. The van der Waals surface area contributed by atoms with Crippen LogP contribution in [0.15, 0.2) is 59.5 Å². The van der Waals surface area contributed by atoms with E-state index in [4.69, 9.17) is 0 Å². The number of carbonyl (C=O) groups is 1. The van der Waals surface area contributed by atoms with Crippen molar-refractivity contribution in [3.05, 3.63) is 65.7 Å². The lowest BCUT2D eigenvalue weighted by Gasteiger charge is -2.19. The monoisotopic (exact) mass is 403 g/mol. The largest absolute Gasteiger partial charge is 0.469 e. The molecule has 0 aliphatic heterocycles.